The summed E-state index contributed by atoms with van der Waals surface area (Å²) in [7, 11) is 0. The highest BCUT2D eigenvalue weighted by Crippen LogP contribution is 2.42. The van der Waals surface area contributed by atoms with Crippen LogP contribution < -0.4 is 10.9 Å². The molecule has 0 atom stereocenters. The van der Waals surface area contributed by atoms with Crippen LogP contribution in [0, 0.1) is 0 Å². The minimum atomic E-state index is -0.435. The van der Waals surface area contributed by atoms with Crippen molar-refractivity contribution in [3.63, 3.8) is 0 Å². The van der Waals surface area contributed by atoms with Crippen LogP contribution in [0.4, 0.5) is 0 Å². The highest BCUT2D eigenvalue weighted by atomic mass is 16.5. The SMILES string of the molecule is O=C(NC1CC(c2nnc(CO)n2C2CC2)C1)c1cc(=O)[nH]o1. The second-order valence-electron chi connectivity index (χ2n) is 6.15. The number of carbonyl (C=O) groups excluding carboxylic acids is 1. The molecule has 2 saturated carbocycles. The van der Waals surface area contributed by atoms with Crippen molar-refractivity contribution in [2.45, 2.75) is 50.3 Å². The van der Waals surface area contributed by atoms with E-state index in [1.807, 2.05) is 4.57 Å². The van der Waals surface area contributed by atoms with Crippen LogP contribution in [0.5, 0.6) is 0 Å². The maximum Gasteiger partial charge on any atom is 0.290 e. The molecule has 1 amide bonds. The van der Waals surface area contributed by atoms with Gasteiger partial charge in [-0.1, -0.05) is 0 Å². The maximum atomic E-state index is 11.9. The van der Waals surface area contributed by atoms with Gasteiger partial charge in [0.2, 0.25) is 5.76 Å². The van der Waals surface area contributed by atoms with Crippen LogP contribution in [0.15, 0.2) is 15.4 Å². The van der Waals surface area contributed by atoms with E-state index in [9.17, 15) is 14.7 Å². The second-order valence-corrected chi connectivity index (χ2v) is 6.15. The Balaban J connectivity index is 1.39. The summed E-state index contributed by atoms with van der Waals surface area (Å²) in [6, 6.07) is 1.56. The number of nitrogens with one attached hydrogen (secondary N) is 2. The van der Waals surface area contributed by atoms with Gasteiger partial charge < -0.3 is 19.5 Å². The van der Waals surface area contributed by atoms with Crippen LogP contribution in [-0.4, -0.2) is 37.0 Å². The Bertz CT molecular complexity index is 781. The number of H-pyrrole nitrogens is 1. The van der Waals surface area contributed by atoms with E-state index in [0.29, 0.717) is 11.9 Å². The van der Waals surface area contributed by atoms with Crippen molar-refractivity contribution in [1.82, 2.24) is 25.2 Å². The van der Waals surface area contributed by atoms with E-state index in [0.717, 1.165) is 37.6 Å². The number of aromatic nitrogens is 4. The molecule has 2 aliphatic carbocycles. The lowest BCUT2D eigenvalue weighted by atomic mass is 9.79. The van der Waals surface area contributed by atoms with Crippen molar-refractivity contribution in [2.24, 2.45) is 0 Å². The topological polar surface area (TPSA) is 126 Å². The number of aliphatic hydroxyl groups excluding tert-OH is 1. The van der Waals surface area contributed by atoms with Gasteiger partial charge in [-0.3, -0.25) is 9.59 Å². The van der Waals surface area contributed by atoms with E-state index in [4.69, 9.17) is 4.52 Å². The lowest BCUT2D eigenvalue weighted by Gasteiger charge is -2.35. The first-order chi connectivity index (χ1) is 11.2. The number of rotatable bonds is 5. The van der Waals surface area contributed by atoms with Crippen LogP contribution >= 0.6 is 0 Å². The number of aliphatic hydroxyl groups is 1. The predicted octanol–water partition coefficient (Wildman–Crippen LogP) is 0.0626. The molecule has 0 aliphatic heterocycles. The summed E-state index contributed by atoms with van der Waals surface area (Å²) in [5.41, 5.74) is -0.435. The van der Waals surface area contributed by atoms with Gasteiger partial charge >= 0.3 is 0 Å². The van der Waals surface area contributed by atoms with Crippen molar-refractivity contribution in [1.29, 1.82) is 0 Å². The third kappa shape index (κ3) is 2.56. The molecule has 0 unspecified atom stereocenters. The fourth-order valence-corrected chi connectivity index (χ4v) is 3.05. The number of hydrogen-bond donors (Lipinski definition) is 3. The van der Waals surface area contributed by atoms with Crippen molar-refractivity contribution < 1.29 is 14.4 Å². The quantitative estimate of drug-likeness (QED) is 0.715. The molecule has 2 aliphatic rings. The Morgan fingerprint density at radius 1 is 1.43 bits per heavy atom. The van der Waals surface area contributed by atoms with Gasteiger partial charge in [-0.2, -0.15) is 5.16 Å². The monoisotopic (exact) mass is 319 g/mol. The third-order valence-corrected chi connectivity index (χ3v) is 4.43. The van der Waals surface area contributed by atoms with Gasteiger partial charge in [-0.25, -0.2) is 0 Å². The Morgan fingerprint density at radius 2 is 2.22 bits per heavy atom. The average molecular weight is 319 g/mol. The lowest BCUT2D eigenvalue weighted by molar-refractivity contribution is 0.0869. The largest absolute Gasteiger partial charge is 0.388 e. The van der Waals surface area contributed by atoms with Gasteiger partial charge in [0, 0.05) is 18.0 Å². The summed E-state index contributed by atoms with van der Waals surface area (Å²) in [4.78, 5) is 22.9. The summed E-state index contributed by atoms with van der Waals surface area (Å²) in [6.07, 6.45) is 3.71. The zero-order chi connectivity index (χ0) is 16.0. The smallest absolute Gasteiger partial charge is 0.290 e. The minimum Gasteiger partial charge on any atom is -0.388 e. The van der Waals surface area contributed by atoms with E-state index < -0.39 is 11.5 Å². The molecule has 2 aromatic heterocycles. The Labute approximate surface area is 130 Å². The number of amides is 1. The molecule has 0 radical (unpaired) electrons. The lowest BCUT2D eigenvalue weighted by Crippen LogP contribution is -2.44. The molecule has 0 spiro atoms. The standard InChI is InChI=1S/C14H17N5O4/c20-6-11-16-17-13(19(11)9-1-2-9)7-3-8(4-7)15-14(22)10-5-12(21)18-23-10/h5,7-9,20H,1-4,6H2,(H,15,22)(H,18,21). The van der Waals surface area contributed by atoms with Gasteiger partial charge in [0.1, 0.15) is 12.4 Å². The van der Waals surface area contributed by atoms with Crippen LogP contribution in [0.3, 0.4) is 0 Å². The molecule has 4 rings (SSSR count). The van der Waals surface area contributed by atoms with Crippen molar-refractivity contribution in [2.75, 3.05) is 0 Å². The minimum absolute atomic E-state index is 0.0119. The first kappa shape index (κ1) is 14.2. The van der Waals surface area contributed by atoms with Gasteiger partial charge in [0.15, 0.2) is 5.82 Å². The van der Waals surface area contributed by atoms with Crippen molar-refractivity contribution in [3.8, 4) is 0 Å². The van der Waals surface area contributed by atoms with Gasteiger partial charge in [-0.15, -0.1) is 10.2 Å². The van der Waals surface area contributed by atoms with E-state index >= 15 is 0 Å². The molecule has 2 fully saturated rings. The summed E-state index contributed by atoms with van der Waals surface area (Å²) in [5.74, 6) is 1.33. The number of nitrogens with zero attached hydrogens (tertiary/aromatic N) is 3. The fourth-order valence-electron chi connectivity index (χ4n) is 3.05. The molecule has 9 nitrogen and oxygen atoms in total. The Morgan fingerprint density at radius 3 is 2.83 bits per heavy atom. The van der Waals surface area contributed by atoms with E-state index in [-0.39, 0.29) is 24.3 Å². The second kappa shape index (κ2) is 5.34. The van der Waals surface area contributed by atoms with Crippen LogP contribution in [-0.2, 0) is 6.61 Å². The highest BCUT2D eigenvalue weighted by molar-refractivity contribution is 5.91. The summed E-state index contributed by atoms with van der Waals surface area (Å²) in [5, 5.41) is 22.6. The molecule has 2 heterocycles. The van der Waals surface area contributed by atoms with Crippen molar-refractivity contribution >= 4 is 5.91 Å². The summed E-state index contributed by atoms with van der Waals surface area (Å²) in [6.45, 7) is -0.108. The van der Waals surface area contributed by atoms with Crippen LogP contribution in [0.25, 0.3) is 0 Å². The number of hydrogen-bond acceptors (Lipinski definition) is 6. The van der Waals surface area contributed by atoms with Crippen LogP contribution in [0.2, 0.25) is 0 Å². The maximum absolute atomic E-state index is 11.9. The fraction of sp³-hybridized carbons (Fsp3) is 0.571. The molecule has 0 aromatic carbocycles. The van der Waals surface area contributed by atoms with E-state index in [2.05, 4.69) is 20.7 Å². The normalized spacial score (nSPS) is 23.5. The molecular weight excluding hydrogens is 302 g/mol. The third-order valence-electron chi connectivity index (χ3n) is 4.43. The first-order valence-electron chi connectivity index (χ1n) is 7.69. The first-order valence-corrected chi connectivity index (χ1v) is 7.69. The predicted molar refractivity (Wildman–Crippen MR) is 76.8 cm³/mol. The number of carbonyl (C=O) groups is 1. The molecular formula is C14H17N5O4. The number of aromatic amines is 1. The van der Waals surface area contributed by atoms with Gasteiger partial charge in [-0.05, 0) is 25.7 Å². The Kier molecular flexibility index (Phi) is 3.29. The summed E-state index contributed by atoms with van der Waals surface area (Å²) >= 11 is 0. The van der Waals surface area contributed by atoms with E-state index in [1.54, 1.807) is 0 Å². The highest BCUT2D eigenvalue weighted by Gasteiger charge is 2.38. The zero-order valence-corrected chi connectivity index (χ0v) is 12.4. The molecule has 0 bridgehead atoms. The average Bonchev–Trinajstić information content (AvgIpc) is 3.10. The van der Waals surface area contributed by atoms with Crippen LogP contribution in [0.1, 0.15) is 59.8 Å². The van der Waals surface area contributed by atoms with Gasteiger partial charge in [0.25, 0.3) is 11.5 Å². The molecule has 2 aromatic rings. The molecule has 23 heavy (non-hydrogen) atoms. The molecule has 3 N–H and O–H groups in total. The van der Waals surface area contributed by atoms with E-state index in [1.165, 1.54) is 0 Å². The molecule has 0 saturated heterocycles. The van der Waals surface area contributed by atoms with Gasteiger partial charge in [0.05, 0.1) is 6.07 Å². The van der Waals surface area contributed by atoms with Crippen molar-refractivity contribution in [3.05, 3.63) is 33.8 Å². The summed E-state index contributed by atoms with van der Waals surface area (Å²) < 4.78 is 6.83. The zero-order valence-electron chi connectivity index (χ0n) is 12.4. The molecule has 122 valence electrons. The molecule has 9 heteroatoms. The Hall–Kier alpha value is -2.42.